The first kappa shape index (κ1) is 30.3. The molecule has 0 aliphatic carbocycles. The number of carboxylic acids is 1. The van der Waals surface area contributed by atoms with Crippen LogP contribution in [0.4, 0.5) is 30.7 Å². The molecule has 4 rings (SSSR count). The minimum absolute atomic E-state index is 0.0314. The molecule has 216 valence electrons. The van der Waals surface area contributed by atoms with E-state index in [4.69, 9.17) is 19.1 Å². The van der Waals surface area contributed by atoms with E-state index in [1.165, 1.54) is 12.1 Å². The number of alkyl halides is 6. The van der Waals surface area contributed by atoms with Gasteiger partial charge in [0, 0.05) is 31.2 Å². The normalized spacial score (nSPS) is 20.1. The monoisotopic (exact) mass is 568 g/mol. The number of carbonyl (C=O) groups is 2. The summed E-state index contributed by atoms with van der Waals surface area (Å²) in [5, 5.41) is 7.12. The van der Waals surface area contributed by atoms with Crippen molar-refractivity contribution in [2.24, 2.45) is 0 Å². The Morgan fingerprint density at radius 2 is 1.72 bits per heavy atom. The van der Waals surface area contributed by atoms with Crippen LogP contribution in [0.25, 0.3) is 0 Å². The molecule has 14 heteroatoms. The van der Waals surface area contributed by atoms with Crippen LogP contribution in [0.3, 0.4) is 0 Å². The molecule has 0 radical (unpaired) electrons. The van der Waals surface area contributed by atoms with Crippen molar-refractivity contribution in [2.75, 3.05) is 19.6 Å². The Bertz CT molecular complexity index is 1150. The van der Waals surface area contributed by atoms with E-state index in [2.05, 4.69) is 11.8 Å². The van der Waals surface area contributed by atoms with Gasteiger partial charge in [-0.3, -0.25) is 9.69 Å². The maximum absolute atomic E-state index is 14.7. The third kappa shape index (κ3) is 8.10. The molecular weight excluding hydrogens is 541 g/mol. The molecule has 7 nitrogen and oxygen atoms in total. The van der Waals surface area contributed by atoms with Crippen LogP contribution in [0.2, 0.25) is 0 Å². The van der Waals surface area contributed by atoms with E-state index in [1.54, 1.807) is 4.90 Å². The Balaban J connectivity index is 0.000000532. The van der Waals surface area contributed by atoms with Crippen molar-refractivity contribution in [2.45, 2.75) is 63.7 Å². The van der Waals surface area contributed by atoms with E-state index in [-0.39, 0.29) is 35.6 Å². The van der Waals surface area contributed by atoms with Crippen LogP contribution in [0.5, 0.6) is 5.75 Å². The van der Waals surface area contributed by atoms with Gasteiger partial charge < -0.3 is 19.2 Å². The number of ether oxygens (including phenoxy) is 1. The van der Waals surface area contributed by atoms with Crippen molar-refractivity contribution in [3.63, 3.8) is 0 Å². The van der Waals surface area contributed by atoms with Gasteiger partial charge >= 0.3 is 18.3 Å². The topological polar surface area (TPSA) is 83.2 Å². The predicted octanol–water partition coefficient (Wildman–Crippen LogP) is 5.74. The molecule has 1 aromatic heterocycles. The van der Waals surface area contributed by atoms with Gasteiger partial charge in [0.2, 0.25) is 5.76 Å². The van der Waals surface area contributed by atoms with Gasteiger partial charge in [-0.05, 0) is 63.4 Å². The molecule has 0 saturated carbocycles. The summed E-state index contributed by atoms with van der Waals surface area (Å²) in [7, 11) is 0. The van der Waals surface area contributed by atoms with E-state index in [1.807, 2.05) is 0 Å². The van der Waals surface area contributed by atoms with Gasteiger partial charge in [0.1, 0.15) is 23.9 Å². The van der Waals surface area contributed by atoms with Gasteiger partial charge in [0.05, 0.1) is 5.56 Å². The third-order valence-electron chi connectivity index (χ3n) is 6.51. The minimum Gasteiger partial charge on any atom is -0.486 e. The van der Waals surface area contributed by atoms with Gasteiger partial charge in [-0.25, -0.2) is 9.18 Å². The largest absolute Gasteiger partial charge is 0.490 e. The van der Waals surface area contributed by atoms with Crippen LogP contribution in [0.15, 0.2) is 34.7 Å². The first-order valence-electron chi connectivity index (χ1n) is 12.1. The lowest BCUT2D eigenvalue weighted by Gasteiger charge is -2.31. The number of likely N-dealkylation sites (tertiary alicyclic amines) is 2. The van der Waals surface area contributed by atoms with Crippen molar-refractivity contribution in [3.05, 3.63) is 53.2 Å². The molecule has 1 aromatic carbocycles. The maximum Gasteiger partial charge on any atom is 0.490 e. The number of halogens is 7. The lowest BCUT2D eigenvalue weighted by Crippen LogP contribution is -2.44. The van der Waals surface area contributed by atoms with Crippen molar-refractivity contribution in [1.29, 1.82) is 0 Å². The third-order valence-corrected chi connectivity index (χ3v) is 6.51. The quantitative estimate of drug-likeness (QED) is 0.448. The SMILES string of the molecule is C[C@@H]1CCCN1C[C@@H]1CCCN1C(=O)c1ccc(OCc2ccc(C(F)(F)F)o2)cc1F.O=C(O)C(F)(F)F. The second-order valence-corrected chi connectivity index (χ2v) is 9.28. The predicted molar refractivity (Wildman–Crippen MR) is 122 cm³/mol. The minimum atomic E-state index is -5.08. The Kier molecular flexibility index (Phi) is 9.51. The molecule has 2 aromatic rings. The highest BCUT2D eigenvalue weighted by molar-refractivity contribution is 5.95. The summed E-state index contributed by atoms with van der Waals surface area (Å²) >= 11 is 0. The molecule has 1 N–H and O–H groups in total. The zero-order chi connectivity index (χ0) is 29.0. The first-order chi connectivity index (χ1) is 18.2. The number of furan rings is 1. The van der Waals surface area contributed by atoms with E-state index in [0.717, 1.165) is 57.0 Å². The lowest BCUT2D eigenvalue weighted by atomic mass is 10.1. The first-order valence-corrected chi connectivity index (χ1v) is 12.1. The molecular formula is C25H27F7N2O5. The number of carboxylic acid groups (broad SMARTS) is 1. The van der Waals surface area contributed by atoms with Crippen molar-refractivity contribution < 1.29 is 54.6 Å². The molecule has 3 heterocycles. The molecule has 0 spiro atoms. The Hall–Kier alpha value is -3.29. The lowest BCUT2D eigenvalue weighted by molar-refractivity contribution is -0.192. The molecule has 0 bridgehead atoms. The molecule has 2 fully saturated rings. The van der Waals surface area contributed by atoms with Crippen LogP contribution in [0.1, 0.15) is 54.5 Å². The van der Waals surface area contributed by atoms with Gasteiger partial charge in [-0.15, -0.1) is 0 Å². The Labute approximate surface area is 219 Å². The second-order valence-electron chi connectivity index (χ2n) is 9.28. The molecule has 2 saturated heterocycles. The van der Waals surface area contributed by atoms with Crippen LogP contribution >= 0.6 is 0 Å². The number of hydrogen-bond acceptors (Lipinski definition) is 5. The summed E-state index contributed by atoms with van der Waals surface area (Å²) < 4.78 is 94.3. The van der Waals surface area contributed by atoms with Crippen LogP contribution < -0.4 is 4.74 Å². The summed E-state index contributed by atoms with van der Waals surface area (Å²) in [6, 6.07) is 6.43. The van der Waals surface area contributed by atoms with E-state index in [0.29, 0.717) is 12.6 Å². The number of nitrogens with zero attached hydrogens (tertiary/aromatic N) is 2. The number of carbonyl (C=O) groups excluding carboxylic acids is 1. The molecule has 39 heavy (non-hydrogen) atoms. The average molecular weight is 568 g/mol. The molecule has 2 aliphatic heterocycles. The van der Waals surface area contributed by atoms with Gasteiger partial charge in [-0.2, -0.15) is 26.3 Å². The molecule has 0 unspecified atom stereocenters. The smallest absolute Gasteiger partial charge is 0.486 e. The Morgan fingerprint density at radius 1 is 1.05 bits per heavy atom. The number of hydrogen-bond donors (Lipinski definition) is 1. The number of amides is 1. The summed E-state index contributed by atoms with van der Waals surface area (Å²) in [4.78, 5) is 26.1. The van der Waals surface area contributed by atoms with E-state index < -0.39 is 29.9 Å². The number of aliphatic carboxylic acids is 1. The summed E-state index contributed by atoms with van der Waals surface area (Å²) in [6.45, 7) is 4.34. The number of rotatable bonds is 6. The fourth-order valence-corrected chi connectivity index (χ4v) is 4.50. The van der Waals surface area contributed by atoms with Gasteiger partial charge in [0.25, 0.3) is 5.91 Å². The van der Waals surface area contributed by atoms with Gasteiger partial charge in [-0.1, -0.05) is 0 Å². The maximum atomic E-state index is 14.7. The molecule has 2 atom stereocenters. The van der Waals surface area contributed by atoms with Crippen molar-refractivity contribution in [1.82, 2.24) is 9.80 Å². The zero-order valence-electron chi connectivity index (χ0n) is 20.8. The highest BCUT2D eigenvalue weighted by Gasteiger charge is 2.38. The van der Waals surface area contributed by atoms with Crippen LogP contribution in [-0.4, -0.2) is 64.7 Å². The highest BCUT2D eigenvalue weighted by Crippen LogP contribution is 2.31. The fraction of sp³-hybridized carbons (Fsp3) is 0.520. The van der Waals surface area contributed by atoms with E-state index >= 15 is 0 Å². The zero-order valence-corrected chi connectivity index (χ0v) is 20.8. The Morgan fingerprint density at radius 3 is 2.26 bits per heavy atom. The average Bonchev–Trinajstić information content (AvgIpc) is 3.59. The summed E-state index contributed by atoms with van der Waals surface area (Å²) in [5.74, 6) is -4.87. The molecule has 2 aliphatic rings. The summed E-state index contributed by atoms with van der Waals surface area (Å²) in [6.07, 6.45) is -5.54. The summed E-state index contributed by atoms with van der Waals surface area (Å²) in [5.41, 5.74) is -0.0314. The van der Waals surface area contributed by atoms with Crippen molar-refractivity contribution in [3.8, 4) is 5.75 Å². The highest BCUT2D eigenvalue weighted by atomic mass is 19.4. The fourth-order valence-electron chi connectivity index (χ4n) is 4.50. The number of benzene rings is 1. The van der Waals surface area contributed by atoms with Gasteiger partial charge in [0.15, 0.2) is 0 Å². The second kappa shape index (κ2) is 12.3. The molecule has 1 amide bonds. The standard InChI is InChI=1S/C23H26F4N2O3.C2HF3O2/c1-15-4-2-10-28(15)13-16-5-3-11-29(16)22(30)19-8-6-17(12-20(19)24)31-14-18-7-9-21(32-18)23(25,26)27;3-2(4,5)1(6)7/h6-9,12,15-16H,2-5,10-11,13-14H2,1H3;(H,6,7)/t15-,16+;/m1./s1. The van der Waals surface area contributed by atoms with Crippen LogP contribution in [-0.2, 0) is 17.6 Å². The van der Waals surface area contributed by atoms with E-state index in [9.17, 15) is 35.5 Å². The van der Waals surface area contributed by atoms with Crippen molar-refractivity contribution >= 4 is 11.9 Å². The van der Waals surface area contributed by atoms with Crippen LogP contribution in [0, 0.1) is 5.82 Å².